The van der Waals surface area contributed by atoms with E-state index in [0.29, 0.717) is 6.54 Å². The molecule has 5 nitrogen and oxygen atoms in total. The maximum atomic E-state index is 12.7. The highest BCUT2D eigenvalue weighted by Crippen LogP contribution is 2.24. The molecule has 6 heteroatoms. The van der Waals surface area contributed by atoms with E-state index >= 15 is 0 Å². The van der Waals surface area contributed by atoms with Crippen LogP contribution in [0.1, 0.15) is 25.3 Å². The van der Waals surface area contributed by atoms with Gasteiger partial charge in [-0.05, 0) is 25.3 Å². The van der Waals surface area contributed by atoms with Gasteiger partial charge in [0, 0.05) is 26.2 Å². The van der Waals surface area contributed by atoms with Crippen molar-refractivity contribution in [1.29, 1.82) is 5.26 Å². The monoisotopic (exact) mass is 333 g/mol. The van der Waals surface area contributed by atoms with Crippen molar-refractivity contribution in [2.45, 2.75) is 25.8 Å². The van der Waals surface area contributed by atoms with Gasteiger partial charge in [-0.25, -0.2) is 0 Å². The molecule has 2 atom stereocenters. The molecule has 23 heavy (non-hydrogen) atoms. The van der Waals surface area contributed by atoms with Crippen LogP contribution in [-0.4, -0.2) is 43.2 Å². The van der Waals surface area contributed by atoms with Crippen molar-refractivity contribution in [3.05, 3.63) is 42.0 Å². The van der Waals surface area contributed by atoms with Crippen LogP contribution in [0.2, 0.25) is 0 Å². The van der Waals surface area contributed by atoms with Gasteiger partial charge in [0.15, 0.2) is 0 Å². The average Bonchev–Trinajstić information content (AvgIpc) is 3.03. The third kappa shape index (κ3) is 4.41. The summed E-state index contributed by atoms with van der Waals surface area (Å²) in [7, 11) is -1.99. The molecule has 0 bridgehead atoms. The van der Waals surface area contributed by atoms with Gasteiger partial charge in [-0.15, -0.1) is 0 Å². The molecule has 1 fully saturated rings. The van der Waals surface area contributed by atoms with E-state index in [0.717, 1.165) is 18.4 Å². The van der Waals surface area contributed by atoms with Crippen LogP contribution in [0.25, 0.3) is 6.08 Å². The molecule has 1 aliphatic heterocycles. The fourth-order valence-corrected chi connectivity index (χ4v) is 4.38. The highest BCUT2D eigenvalue weighted by molar-refractivity contribution is 7.86. The fourth-order valence-electron chi connectivity index (χ4n) is 2.73. The summed E-state index contributed by atoms with van der Waals surface area (Å²) in [5, 5.41) is 8.88. The van der Waals surface area contributed by atoms with Gasteiger partial charge >= 0.3 is 0 Å². The van der Waals surface area contributed by atoms with Crippen LogP contribution in [0.5, 0.6) is 0 Å². The van der Waals surface area contributed by atoms with E-state index in [9.17, 15) is 8.42 Å². The van der Waals surface area contributed by atoms with Gasteiger partial charge in [0.25, 0.3) is 10.2 Å². The highest BCUT2D eigenvalue weighted by Gasteiger charge is 2.35. The SMILES string of the molecule is C[C@H](C#N)CN(C)S(=O)(=O)N1CCC[C@@H]1/C=C/c1ccccc1. The van der Waals surface area contributed by atoms with Crippen LogP contribution in [-0.2, 0) is 10.2 Å². The van der Waals surface area contributed by atoms with Crippen molar-refractivity contribution in [2.24, 2.45) is 5.92 Å². The van der Waals surface area contributed by atoms with E-state index in [2.05, 4.69) is 6.07 Å². The number of hydrogen-bond acceptors (Lipinski definition) is 3. The Morgan fingerprint density at radius 1 is 1.43 bits per heavy atom. The molecule has 2 rings (SSSR count). The summed E-state index contributed by atoms with van der Waals surface area (Å²) in [5.74, 6) is -0.323. The van der Waals surface area contributed by atoms with E-state index in [4.69, 9.17) is 5.26 Å². The first kappa shape index (κ1) is 17.7. The molecule has 0 aromatic heterocycles. The predicted octanol–water partition coefficient (Wildman–Crippen LogP) is 2.50. The summed E-state index contributed by atoms with van der Waals surface area (Å²) in [4.78, 5) is 0. The Morgan fingerprint density at radius 3 is 2.78 bits per heavy atom. The molecule has 1 heterocycles. The Balaban J connectivity index is 2.11. The molecule has 0 N–H and O–H groups in total. The summed E-state index contributed by atoms with van der Waals surface area (Å²) in [5.41, 5.74) is 1.06. The first-order chi connectivity index (χ1) is 10.9. The number of nitrogens with zero attached hydrogens (tertiary/aromatic N) is 3. The molecule has 0 aliphatic carbocycles. The normalized spacial score (nSPS) is 20.9. The molecule has 0 spiro atoms. The Labute approximate surface area is 139 Å². The molecular weight excluding hydrogens is 310 g/mol. The standard InChI is InChI=1S/C17H23N3O2S/c1-15(13-18)14-19(2)23(21,22)20-12-6-9-17(20)11-10-16-7-4-3-5-8-16/h3-5,7-8,10-11,15,17H,6,9,12,14H2,1-2H3/b11-10+/t15-,17-/m1/s1. The summed E-state index contributed by atoms with van der Waals surface area (Å²) < 4.78 is 28.3. The molecule has 1 aliphatic rings. The van der Waals surface area contributed by atoms with Gasteiger partial charge in [0.05, 0.1) is 12.0 Å². The van der Waals surface area contributed by atoms with Crippen LogP contribution < -0.4 is 0 Å². The fraction of sp³-hybridized carbons (Fsp3) is 0.471. The van der Waals surface area contributed by atoms with Crippen LogP contribution in [0.4, 0.5) is 0 Å². The zero-order chi connectivity index (χ0) is 16.9. The quantitative estimate of drug-likeness (QED) is 0.803. The van der Waals surface area contributed by atoms with Gasteiger partial charge < -0.3 is 0 Å². The molecule has 124 valence electrons. The maximum absolute atomic E-state index is 12.7. The lowest BCUT2D eigenvalue weighted by atomic mass is 10.1. The summed E-state index contributed by atoms with van der Waals surface area (Å²) >= 11 is 0. The zero-order valence-electron chi connectivity index (χ0n) is 13.6. The number of rotatable bonds is 6. The third-order valence-corrected chi connectivity index (χ3v) is 5.98. The smallest absolute Gasteiger partial charge is 0.198 e. The molecule has 0 saturated carbocycles. The second kappa shape index (κ2) is 7.73. The van der Waals surface area contributed by atoms with Crippen LogP contribution >= 0.6 is 0 Å². The van der Waals surface area contributed by atoms with E-state index in [1.165, 1.54) is 8.61 Å². The first-order valence-electron chi connectivity index (χ1n) is 7.81. The zero-order valence-corrected chi connectivity index (χ0v) is 14.4. The van der Waals surface area contributed by atoms with Crippen molar-refractivity contribution in [1.82, 2.24) is 8.61 Å². The largest absolute Gasteiger partial charge is 0.282 e. The Bertz CT molecular complexity index is 680. The molecule has 0 radical (unpaired) electrons. The van der Waals surface area contributed by atoms with Gasteiger partial charge in [-0.2, -0.15) is 22.3 Å². The lowest BCUT2D eigenvalue weighted by molar-refractivity contribution is 0.359. The molecule has 1 saturated heterocycles. The lowest BCUT2D eigenvalue weighted by Crippen LogP contribution is -2.45. The van der Waals surface area contributed by atoms with Crippen molar-refractivity contribution in [2.75, 3.05) is 20.1 Å². The molecule has 0 amide bonds. The summed E-state index contributed by atoms with van der Waals surface area (Å²) in [6.45, 7) is 2.46. The highest BCUT2D eigenvalue weighted by atomic mass is 32.2. The summed E-state index contributed by atoms with van der Waals surface area (Å²) in [6.07, 6.45) is 5.60. The van der Waals surface area contributed by atoms with E-state index in [-0.39, 0.29) is 18.5 Å². The second-order valence-electron chi connectivity index (χ2n) is 5.91. The minimum atomic E-state index is -3.53. The van der Waals surface area contributed by atoms with Crippen molar-refractivity contribution >= 4 is 16.3 Å². The topological polar surface area (TPSA) is 64.4 Å². The van der Waals surface area contributed by atoms with Gasteiger partial charge in [0.1, 0.15) is 0 Å². The van der Waals surface area contributed by atoms with Crippen LogP contribution in [0.3, 0.4) is 0 Å². The van der Waals surface area contributed by atoms with E-state index < -0.39 is 10.2 Å². The maximum Gasteiger partial charge on any atom is 0.282 e. The van der Waals surface area contributed by atoms with E-state index in [1.54, 1.807) is 14.0 Å². The van der Waals surface area contributed by atoms with Crippen molar-refractivity contribution < 1.29 is 8.42 Å². The summed E-state index contributed by atoms with van der Waals surface area (Å²) in [6, 6.07) is 11.8. The molecule has 0 unspecified atom stereocenters. The minimum Gasteiger partial charge on any atom is -0.198 e. The van der Waals surface area contributed by atoms with Crippen LogP contribution in [0.15, 0.2) is 36.4 Å². The van der Waals surface area contributed by atoms with E-state index in [1.807, 2.05) is 42.5 Å². The predicted molar refractivity (Wildman–Crippen MR) is 91.5 cm³/mol. The Kier molecular flexibility index (Phi) is 5.94. The number of hydrogen-bond donors (Lipinski definition) is 0. The van der Waals surface area contributed by atoms with Crippen LogP contribution in [0, 0.1) is 17.2 Å². The Morgan fingerprint density at radius 2 is 2.13 bits per heavy atom. The molecule has 1 aromatic carbocycles. The second-order valence-corrected chi connectivity index (χ2v) is 7.90. The lowest BCUT2D eigenvalue weighted by Gasteiger charge is -2.28. The first-order valence-corrected chi connectivity index (χ1v) is 9.21. The van der Waals surface area contributed by atoms with Gasteiger partial charge in [0.2, 0.25) is 0 Å². The van der Waals surface area contributed by atoms with Crippen molar-refractivity contribution in [3.8, 4) is 6.07 Å². The van der Waals surface area contributed by atoms with Crippen molar-refractivity contribution in [3.63, 3.8) is 0 Å². The number of benzene rings is 1. The minimum absolute atomic E-state index is 0.125. The molecular formula is C17H23N3O2S. The van der Waals surface area contributed by atoms with Gasteiger partial charge in [-0.3, -0.25) is 0 Å². The van der Waals surface area contributed by atoms with Gasteiger partial charge in [-0.1, -0.05) is 42.5 Å². The number of nitriles is 1. The Hall–Kier alpha value is -1.68. The third-order valence-electron chi connectivity index (χ3n) is 4.00. The molecule has 1 aromatic rings. The average molecular weight is 333 g/mol.